The Kier molecular flexibility index (Phi) is 3.69. The van der Waals surface area contributed by atoms with Gasteiger partial charge in [0.15, 0.2) is 5.82 Å². The zero-order valence-corrected chi connectivity index (χ0v) is 13.4. The molecule has 0 bridgehead atoms. The van der Waals surface area contributed by atoms with Gasteiger partial charge < -0.3 is 0 Å². The molecule has 0 radical (unpaired) electrons. The Morgan fingerprint density at radius 1 is 1.16 bits per heavy atom. The SMILES string of the molecule is Clc1cnc(-c2nc(Cl)c(Br)c(C3CC3)n2)c(Cl)c1. The van der Waals surface area contributed by atoms with E-state index in [-0.39, 0.29) is 0 Å². The molecule has 0 unspecified atom stereocenters. The molecule has 0 N–H and O–H groups in total. The molecule has 7 heteroatoms. The molecule has 19 heavy (non-hydrogen) atoms. The Hall–Kier alpha value is -0.420. The molecule has 1 saturated carbocycles. The monoisotopic (exact) mass is 377 g/mol. The number of rotatable bonds is 2. The van der Waals surface area contributed by atoms with Gasteiger partial charge in [0.2, 0.25) is 0 Å². The summed E-state index contributed by atoms with van der Waals surface area (Å²) in [5.41, 5.74) is 1.41. The quantitative estimate of drug-likeness (QED) is 0.678. The van der Waals surface area contributed by atoms with Crippen LogP contribution in [0.3, 0.4) is 0 Å². The van der Waals surface area contributed by atoms with Gasteiger partial charge in [-0.3, -0.25) is 0 Å². The van der Waals surface area contributed by atoms with Gasteiger partial charge in [0, 0.05) is 12.1 Å². The van der Waals surface area contributed by atoms with E-state index in [1.165, 1.54) is 6.20 Å². The molecule has 0 aromatic carbocycles. The summed E-state index contributed by atoms with van der Waals surface area (Å²) in [6.07, 6.45) is 3.75. The number of halogens is 4. The van der Waals surface area contributed by atoms with Crippen molar-refractivity contribution in [2.24, 2.45) is 0 Å². The summed E-state index contributed by atoms with van der Waals surface area (Å²) in [6, 6.07) is 1.61. The van der Waals surface area contributed by atoms with Gasteiger partial charge >= 0.3 is 0 Å². The number of nitrogens with zero attached hydrogens (tertiary/aromatic N) is 3. The van der Waals surface area contributed by atoms with Gasteiger partial charge in [-0.25, -0.2) is 15.0 Å². The summed E-state index contributed by atoms with van der Waals surface area (Å²) < 4.78 is 0.755. The van der Waals surface area contributed by atoms with Gasteiger partial charge in [0.1, 0.15) is 10.8 Å². The van der Waals surface area contributed by atoms with E-state index in [1.54, 1.807) is 6.07 Å². The van der Waals surface area contributed by atoms with E-state index in [0.29, 0.717) is 32.6 Å². The third kappa shape index (κ3) is 2.72. The van der Waals surface area contributed by atoms with Crippen molar-refractivity contribution in [1.29, 1.82) is 0 Å². The van der Waals surface area contributed by atoms with Crippen molar-refractivity contribution in [1.82, 2.24) is 15.0 Å². The van der Waals surface area contributed by atoms with Crippen LogP contribution in [0.25, 0.3) is 11.5 Å². The highest BCUT2D eigenvalue weighted by Crippen LogP contribution is 2.44. The standard InChI is InChI=1S/C12H7BrCl3N3/c13-8-9(5-1-2-5)18-12(19-11(8)16)10-7(15)3-6(14)4-17-10/h3-5H,1-2H2. The van der Waals surface area contributed by atoms with E-state index in [2.05, 4.69) is 30.9 Å². The van der Waals surface area contributed by atoms with Crippen LogP contribution in [0.4, 0.5) is 0 Å². The molecular formula is C12H7BrCl3N3. The molecule has 2 heterocycles. The molecule has 0 atom stereocenters. The molecule has 1 fully saturated rings. The van der Waals surface area contributed by atoms with Crippen LogP contribution in [-0.2, 0) is 0 Å². The van der Waals surface area contributed by atoms with Crippen LogP contribution < -0.4 is 0 Å². The Morgan fingerprint density at radius 2 is 1.89 bits per heavy atom. The minimum atomic E-state index is 0.375. The van der Waals surface area contributed by atoms with E-state index >= 15 is 0 Å². The maximum absolute atomic E-state index is 6.13. The Morgan fingerprint density at radius 3 is 2.53 bits per heavy atom. The zero-order chi connectivity index (χ0) is 13.6. The summed E-state index contributed by atoms with van der Waals surface area (Å²) in [5.74, 6) is 0.872. The van der Waals surface area contributed by atoms with Crippen molar-refractivity contribution in [2.45, 2.75) is 18.8 Å². The largest absolute Gasteiger partial charge is 0.250 e. The second-order valence-electron chi connectivity index (χ2n) is 4.30. The molecule has 0 aliphatic heterocycles. The van der Waals surface area contributed by atoms with E-state index in [9.17, 15) is 0 Å². The van der Waals surface area contributed by atoms with Crippen molar-refractivity contribution in [3.63, 3.8) is 0 Å². The summed E-state index contributed by atoms with van der Waals surface area (Å²) >= 11 is 21.5. The first-order valence-electron chi connectivity index (χ1n) is 5.60. The predicted molar refractivity (Wildman–Crippen MR) is 80.0 cm³/mol. The fourth-order valence-electron chi connectivity index (χ4n) is 1.75. The summed E-state index contributed by atoms with van der Waals surface area (Å²) in [6.45, 7) is 0. The maximum Gasteiger partial charge on any atom is 0.181 e. The van der Waals surface area contributed by atoms with Gasteiger partial charge in [0.05, 0.1) is 20.2 Å². The fourth-order valence-corrected chi connectivity index (χ4v) is 2.89. The lowest BCUT2D eigenvalue weighted by Gasteiger charge is -2.08. The molecular weight excluding hydrogens is 372 g/mol. The van der Waals surface area contributed by atoms with Crippen LogP contribution in [0.2, 0.25) is 15.2 Å². The highest BCUT2D eigenvalue weighted by molar-refractivity contribution is 9.10. The van der Waals surface area contributed by atoms with Gasteiger partial charge in [-0.05, 0) is 34.8 Å². The number of hydrogen-bond acceptors (Lipinski definition) is 3. The highest BCUT2D eigenvalue weighted by atomic mass is 79.9. The molecule has 98 valence electrons. The number of pyridine rings is 1. The zero-order valence-electron chi connectivity index (χ0n) is 9.50. The maximum atomic E-state index is 6.13. The van der Waals surface area contributed by atoms with Crippen LogP contribution >= 0.6 is 50.7 Å². The van der Waals surface area contributed by atoms with Crippen LogP contribution in [0.1, 0.15) is 24.5 Å². The van der Waals surface area contributed by atoms with E-state index in [4.69, 9.17) is 34.8 Å². The Balaban J connectivity index is 2.14. The Bertz CT molecular complexity index is 659. The van der Waals surface area contributed by atoms with Gasteiger partial charge in [-0.15, -0.1) is 0 Å². The Labute approximate surface area is 133 Å². The van der Waals surface area contributed by atoms with Crippen LogP contribution in [0.15, 0.2) is 16.7 Å². The van der Waals surface area contributed by atoms with Gasteiger partial charge in [-0.1, -0.05) is 34.8 Å². The second-order valence-corrected chi connectivity index (χ2v) is 6.29. The molecule has 3 nitrogen and oxygen atoms in total. The topological polar surface area (TPSA) is 38.7 Å². The van der Waals surface area contributed by atoms with Crippen LogP contribution in [0.5, 0.6) is 0 Å². The first-order valence-corrected chi connectivity index (χ1v) is 7.53. The van der Waals surface area contributed by atoms with Crippen LogP contribution in [0, 0.1) is 0 Å². The fraction of sp³-hybridized carbons (Fsp3) is 0.250. The van der Waals surface area contributed by atoms with Crippen LogP contribution in [-0.4, -0.2) is 15.0 Å². The lowest BCUT2D eigenvalue weighted by molar-refractivity contribution is 0.973. The van der Waals surface area contributed by atoms with Crippen molar-refractivity contribution in [3.8, 4) is 11.5 Å². The van der Waals surface area contributed by atoms with Gasteiger partial charge in [-0.2, -0.15) is 0 Å². The second kappa shape index (κ2) is 5.17. The van der Waals surface area contributed by atoms with E-state index in [1.807, 2.05) is 0 Å². The third-order valence-corrected chi connectivity index (χ3v) is 4.60. The normalized spacial score (nSPS) is 14.7. The smallest absolute Gasteiger partial charge is 0.181 e. The van der Waals surface area contributed by atoms with Gasteiger partial charge in [0.25, 0.3) is 0 Å². The highest BCUT2D eigenvalue weighted by Gasteiger charge is 2.29. The summed E-state index contributed by atoms with van der Waals surface area (Å²) in [7, 11) is 0. The molecule has 2 aromatic heterocycles. The molecule has 2 aromatic rings. The van der Waals surface area contributed by atoms with Crippen molar-refractivity contribution in [3.05, 3.63) is 37.6 Å². The lowest BCUT2D eigenvalue weighted by Crippen LogP contribution is -1.99. The minimum absolute atomic E-state index is 0.375. The molecule has 1 aliphatic rings. The average Bonchev–Trinajstić information content (AvgIpc) is 3.17. The minimum Gasteiger partial charge on any atom is -0.250 e. The average molecular weight is 379 g/mol. The number of hydrogen-bond donors (Lipinski definition) is 0. The molecule has 0 amide bonds. The van der Waals surface area contributed by atoms with E-state index < -0.39 is 0 Å². The lowest BCUT2D eigenvalue weighted by atomic mass is 10.2. The molecule has 1 aliphatic carbocycles. The van der Waals surface area contributed by atoms with Crippen molar-refractivity contribution < 1.29 is 0 Å². The third-order valence-electron chi connectivity index (χ3n) is 2.82. The van der Waals surface area contributed by atoms with Crippen molar-refractivity contribution in [2.75, 3.05) is 0 Å². The van der Waals surface area contributed by atoms with E-state index in [0.717, 1.165) is 23.0 Å². The summed E-state index contributed by atoms with van der Waals surface area (Å²) in [4.78, 5) is 12.9. The first kappa shape index (κ1) is 13.6. The molecule has 0 spiro atoms. The molecule has 0 saturated heterocycles. The number of aromatic nitrogens is 3. The predicted octanol–water partition coefficient (Wildman–Crippen LogP) is 5.14. The summed E-state index contributed by atoms with van der Waals surface area (Å²) in [5, 5.41) is 1.26. The first-order chi connectivity index (χ1) is 9.06. The molecule has 3 rings (SSSR count). The van der Waals surface area contributed by atoms with Crippen molar-refractivity contribution >= 4 is 50.7 Å².